The number of thiazole rings is 1. The highest BCUT2D eigenvalue weighted by atomic mass is 35.5. The van der Waals surface area contributed by atoms with Gasteiger partial charge in [-0.25, -0.2) is 4.98 Å². The third-order valence-electron chi connectivity index (χ3n) is 3.96. The fourth-order valence-electron chi connectivity index (χ4n) is 2.88. The minimum absolute atomic E-state index is 0.568. The van der Waals surface area contributed by atoms with Crippen molar-refractivity contribution in [3.63, 3.8) is 0 Å². The van der Waals surface area contributed by atoms with Crippen LogP contribution >= 0.6 is 22.9 Å². The van der Waals surface area contributed by atoms with Gasteiger partial charge in [0.15, 0.2) is 0 Å². The number of alkyl halides is 1. The van der Waals surface area contributed by atoms with Crippen LogP contribution in [-0.4, -0.2) is 16.9 Å². The Morgan fingerprint density at radius 1 is 1.26 bits per heavy atom. The largest absolute Gasteiger partial charge is 0.307 e. The van der Waals surface area contributed by atoms with Gasteiger partial charge in [0.1, 0.15) is 5.01 Å². The van der Waals surface area contributed by atoms with E-state index >= 15 is 0 Å². The zero-order valence-electron chi connectivity index (χ0n) is 10.9. The number of aromatic nitrogens is 1. The maximum atomic E-state index is 6.07. The number of fused-ring (bicyclic) bond motifs is 1. The van der Waals surface area contributed by atoms with Crippen LogP contribution in [0.1, 0.15) is 30.7 Å². The molecule has 1 aliphatic rings. The molecule has 3 rings (SSSR count). The molecule has 1 aromatic heterocycles. The normalized spacial score (nSPS) is 23.8. The molecule has 1 N–H and O–H groups in total. The molecular formula is C15H19ClN2S. The molecule has 1 aliphatic carbocycles. The molecule has 0 radical (unpaired) electrons. The zero-order valence-corrected chi connectivity index (χ0v) is 12.5. The standard InChI is InChI=1S/C15H19ClN2S/c16-9-11-5-1-2-6-12(11)17-10-15-18-13-7-3-4-8-14(13)19-15/h3-4,7-8,11-12,17H,1-2,5-6,9-10H2. The van der Waals surface area contributed by atoms with Crippen molar-refractivity contribution in [3.05, 3.63) is 29.3 Å². The molecular weight excluding hydrogens is 276 g/mol. The molecule has 4 heteroatoms. The van der Waals surface area contributed by atoms with E-state index in [0.29, 0.717) is 12.0 Å². The number of hydrogen-bond donors (Lipinski definition) is 1. The average Bonchev–Trinajstić information content (AvgIpc) is 2.88. The number of nitrogens with zero attached hydrogens (tertiary/aromatic N) is 1. The van der Waals surface area contributed by atoms with E-state index in [9.17, 15) is 0 Å². The summed E-state index contributed by atoms with van der Waals surface area (Å²) in [4.78, 5) is 4.67. The molecule has 1 heterocycles. The zero-order chi connectivity index (χ0) is 13.1. The topological polar surface area (TPSA) is 24.9 Å². The maximum absolute atomic E-state index is 6.07. The first-order valence-corrected chi connectivity index (χ1v) is 8.35. The summed E-state index contributed by atoms with van der Waals surface area (Å²) in [5.74, 6) is 1.40. The van der Waals surface area contributed by atoms with Crippen LogP contribution in [0.5, 0.6) is 0 Å². The third-order valence-corrected chi connectivity index (χ3v) is 5.39. The molecule has 2 aromatic rings. The Labute approximate surface area is 123 Å². The van der Waals surface area contributed by atoms with Crippen LogP contribution in [0.3, 0.4) is 0 Å². The summed E-state index contributed by atoms with van der Waals surface area (Å²) in [6.07, 6.45) is 5.17. The van der Waals surface area contributed by atoms with E-state index < -0.39 is 0 Å². The van der Waals surface area contributed by atoms with Crippen molar-refractivity contribution in [2.75, 3.05) is 5.88 Å². The Morgan fingerprint density at radius 3 is 2.95 bits per heavy atom. The van der Waals surface area contributed by atoms with Crippen LogP contribution in [0.15, 0.2) is 24.3 Å². The Balaban J connectivity index is 1.64. The number of rotatable bonds is 4. The van der Waals surface area contributed by atoms with Crippen LogP contribution < -0.4 is 5.32 Å². The van der Waals surface area contributed by atoms with Crippen molar-refractivity contribution in [2.45, 2.75) is 38.3 Å². The summed E-state index contributed by atoms with van der Waals surface area (Å²) >= 11 is 7.86. The number of benzene rings is 1. The van der Waals surface area contributed by atoms with Crippen molar-refractivity contribution < 1.29 is 0 Å². The molecule has 0 bridgehead atoms. The Morgan fingerprint density at radius 2 is 2.11 bits per heavy atom. The van der Waals surface area contributed by atoms with Gasteiger partial charge in [-0.05, 0) is 30.9 Å². The minimum Gasteiger partial charge on any atom is -0.307 e. The third kappa shape index (κ3) is 3.10. The van der Waals surface area contributed by atoms with Crippen LogP contribution in [0.4, 0.5) is 0 Å². The van der Waals surface area contributed by atoms with E-state index in [-0.39, 0.29) is 0 Å². The van der Waals surface area contributed by atoms with Gasteiger partial charge >= 0.3 is 0 Å². The SMILES string of the molecule is ClCC1CCCCC1NCc1nc2ccccc2s1. The summed E-state index contributed by atoms with van der Waals surface area (Å²) in [6.45, 7) is 0.872. The van der Waals surface area contributed by atoms with Crippen molar-refractivity contribution in [3.8, 4) is 0 Å². The molecule has 0 aliphatic heterocycles. The van der Waals surface area contributed by atoms with Crippen LogP contribution in [0.2, 0.25) is 0 Å². The van der Waals surface area contributed by atoms with E-state index in [1.807, 2.05) is 6.07 Å². The van der Waals surface area contributed by atoms with E-state index in [1.54, 1.807) is 11.3 Å². The predicted molar refractivity (Wildman–Crippen MR) is 82.9 cm³/mol. The summed E-state index contributed by atoms with van der Waals surface area (Å²) in [5.41, 5.74) is 1.11. The van der Waals surface area contributed by atoms with E-state index in [2.05, 4.69) is 28.5 Å². The van der Waals surface area contributed by atoms with Gasteiger partial charge in [0.2, 0.25) is 0 Å². The maximum Gasteiger partial charge on any atom is 0.108 e. The molecule has 2 atom stereocenters. The highest BCUT2D eigenvalue weighted by Crippen LogP contribution is 2.26. The second-order valence-corrected chi connectivity index (χ2v) is 6.69. The van der Waals surface area contributed by atoms with Crippen LogP contribution in [-0.2, 0) is 6.54 Å². The van der Waals surface area contributed by atoms with E-state index in [1.165, 1.54) is 35.4 Å². The smallest absolute Gasteiger partial charge is 0.108 e. The second kappa shape index (κ2) is 6.21. The van der Waals surface area contributed by atoms with Crippen molar-refractivity contribution in [1.29, 1.82) is 0 Å². The first kappa shape index (κ1) is 13.3. The first-order valence-electron chi connectivity index (χ1n) is 7.00. The molecule has 1 fully saturated rings. The summed E-state index contributed by atoms with van der Waals surface area (Å²) in [6, 6.07) is 8.90. The van der Waals surface area contributed by atoms with Gasteiger partial charge in [-0.15, -0.1) is 22.9 Å². The highest BCUT2D eigenvalue weighted by molar-refractivity contribution is 7.18. The van der Waals surface area contributed by atoms with Gasteiger partial charge in [0, 0.05) is 18.5 Å². The Bertz CT molecular complexity index is 507. The highest BCUT2D eigenvalue weighted by Gasteiger charge is 2.23. The quantitative estimate of drug-likeness (QED) is 0.856. The van der Waals surface area contributed by atoms with Crippen molar-refractivity contribution in [1.82, 2.24) is 10.3 Å². The Hall–Kier alpha value is -0.640. The number of para-hydroxylation sites is 1. The molecule has 0 spiro atoms. The van der Waals surface area contributed by atoms with Gasteiger partial charge < -0.3 is 5.32 Å². The lowest BCUT2D eigenvalue weighted by molar-refractivity contribution is 0.282. The molecule has 1 saturated carbocycles. The Kier molecular flexibility index (Phi) is 4.36. The number of hydrogen-bond acceptors (Lipinski definition) is 3. The molecule has 2 unspecified atom stereocenters. The second-order valence-electron chi connectivity index (χ2n) is 5.26. The minimum atomic E-state index is 0.568. The monoisotopic (exact) mass is 294 g/mol. The predicted octanol–water partition coefficient (Wildman–Crippen LogP) is 4.18. The lowest BCUT2D eigenvalue weighted by Gasteiger charge is -2.30. The molecule has 2 nitrogen and oxygen atoms in total. The fraction of sp³-hybridized carbons (Fsp3) is 0.533. The van der Waals surface area contributed by atoms with Gasteiger partial charge in [-0.2, -0.15) is 0 Å². The van der Waals surface area contributed by atoms with Gasteiger partial charge in [0.05, 0.1) is 10.2 Å². The molecule has 19 heavy (non-hydrogen) atoms. The van der Waals surface area contributed by atoms with Crippen molar-refractivity contribution >= 4 is 33.2 Å². The van der Waals surface area contributed by atoms with Crippen LogP contribution in [0, 0.1) is 5.92 Å². The molecule has 0 amide bonds. The van der Waals surface area contributed by atoms with Crippen LogP contribution in [0.25, 0.3) is 10.2 Å². The van der Waals surface area contributed by atoms with E-state index in [0.717, 1.165) is 17.9 Å². The van der Waals surface area contributed by atoms with E-state index in [4.69, 9.17) is 11.6 Å². The van der Waals surface area contributed by atoms with Gasteiger partial charge in [-0.1, -0.05) is 25.0 Å². The van der Waals surface area contributed by atoms with Gasteiger partial charge in [0.25, 0.3) is 0 Å². The molecule has 0 saturated heterocycles. The first-order chi connectivity index (χ1) is 9.36. The summed E-state index contributed by atoms with van der Waals surface area (Å²) in [7, 11) is 0. The molecule has 102 valence electrons. The lowest BCUT2D eigenvalue weighted by Crippen LogP contribution is -2.38. The lowest BCUT2D eigenvalue weighted by atomic mass is 9.86. The van der Waals surface area contributed by atoms with Gasteiger partial charge in [-0.3, -0.25) is 0 Å². The average molecular weight is 295 g/mol. The molecule has 1 aromatic carbocycles. The number of halogens is 1. The number of nitrogens with one attached hydrogen (secondary N) is 1. The van der Waals surface area contributed by atoms with Crippen molar-refractivity contribution in [2.24, 2.45) is 5.92 Å². The fourth-order valence-corrected chi connectivity index (χ4v) is 4.16. The summed E-state index contributed by atoms with van der Waals surface area (Å²) < 4.78 is 1.27. The summed E-state index contributed by atoms with van der Waals surface area (Å²) in [5, 5.41) is 4.84.